The van der Waals surface area contributed by atoms with Crippen LogP contribution in [0.2, 0.25) is 0 Å². The molecule has 1 aliphatic carbocycles. The van der Waals surface area contributed by atoms with E-state index in [0.29, 0.717) is 12.3 Å². The Balaban J connectivity index is 2.16. The molecule has 0 aromatic heterocycles. The molecule has 0 spiro atoms. The number of piperidine rings is 1. The molecule has 1 N–H and O–H groups in total. The van der Waals surface area contributed by atoms with E-state index in [1.807, 2.05) is 6.92 Å². The Kier molecular flexibility index (Phi) is 2.42. The maximum absolute atomic E-state index is 12.1. The van der Waals surface area contributed by atoms with Gasteiger partial charge in [-0.15, -0.1) is 0 Å². The number of ether oxygens (including phenoxy) is 1. The van der Waals surface area contributed by atoms with Crippen LogP contribution < -0.4 is 0 Å². The van der Waals surface area contributed by atoms with Crippen LogP contribution in [0.3, 0.4) is 0 Å². The number of carboxylic acid groups (broad SMARTS) is 1. The molecule has 1 saturated heterocycles. The smallest absolute Gasteiger partial charge is 0.411 e. The number of rotatable bonds is 1. The number of carboxylic acids is 1. The van der Waals surface area contributed by atoms with Crippen LogP contribution in [0, 0.1) is 5.92 Å². The fourth-order valence-electron chi connectivity index (χ4n) is 2.66. The van der Waals surface area contributed by atoms with Crippen LogP contribution in [0.1, 0.15) is 40.5 Å². The second-order valence-corrected chi connectivity index (χ2v) is 6.20. The Hall–Kier alpha value is -1.26. The number of nitrogens with zero attached hydrogens (tertiary/aromatic N) is 1. The van der Waals surface area contributed by atoms with E-state index in [1.165, 1.54) is 4.90 Å². The molecule has 2 fully saturated rings. The Morgan fingerprint density at radius 1 is 1.41 bits per heavy atom. The van der Waals surface area contributed by atoms with Gasteiger partial charge in [-0.25, -0.2) is 9.59 Å². The van der Waals surface area contributed by atoms with Crippen LogP contribution in [-0.2, 0) is 9.53 Å². The van der Waals surface area contributed by atoms with Gasteiger partial charge in [0.25, 0.3) is 0 Å². The van der Waals surface area contributed by atoms with Crippen molar-refractivity contribution in [3.8, 4) is 0 Å². The number of likely N-dealkylation sites (tertiary alicyclic amines) is 1. The average Bonchev–Trinajstić information content (AvgIpc) is 2.64. The summed E-state index contributed by atoms with van der Waals surface area (Å²) in [5, 5.41) is 9.13. The minimum Gasteiger partial charge on any atom is -0.480 e. The lowest BCUT2D eigenvalue weighted by atomic mass is 10.2. The van der Waals surface area contributed by atoms with E-state index >= 15 is 0 Å². The summed E-state index contributed by atoms with van der Waals surface area (Å²) in [5.74, 6) is -0.625. The van der Waals surface area contributed by atoms with E-state index in [4.69, 9.17) is 9.84 Å². The van der Waals surface area contributed by atoms with Crippen molar-refractivity contribution >= 4 is 12.1 Å². The van der Waals surface area contributed by atoms with Gasteiger partial charge in [-0.2, -0.15) is 0 Å². The number of carbonyl (C=O) groups is 2. The summed E-state index contributed by atoms with van der Waals surface area (Å²) in [6.07, 6.45) is 0.925. The predicted octanol–water partition coefficient (Wildman–Crippen LogP) is 1.86. The molecule has 3 atom stereocenters. The van der Waals surface area contributed by atoms with Gasteiger partial charge >= 0.3 is 12.1 Å². The first-order valence-electron chi connectivity index (χ1n) is 5.90. The van der Waals surface area contributed by atoms with Gasteiger partial charge in [0.05, 0.1) is 0 Å². The molecule has 0 aromatic carbocycles. The molecular weight excluding hydrogens is 222 g/mol. The maximum Gasteiger partial charge on any atom is 0.411 e. The van der Waals surface area contributed by atoms with Gasteiger partial charge in [-0.1, -0.05) is 0 Å². The molecule has 1 heterocycles. The van der Waals surface area contributed by atoms with Crippen LogP contribution in [0.5, 0.6) is 0 Å². The monoisotopic (exact) mass is 241 g/mol. The van der Waals surface area contributed by atoms with E-state index in [9.17, 15) is 9.59 Å². The minimum absolute atomic E-state index is 0.300. The van der Waals surface area contributed by atoms with E-state index in [-0.39, 0.29) is 5.54 Å². The SMILES string of the molecule is CC(C)(C)OC(=O)N1C(C(=O)O)CC2CC21C. The molecule has 5 heteroatoms. The van der Waals surface area contributed by atoms with Crippen molar-refractivity contribution in [2.75, 3.05) is 0 Å². The van der Waals surface area contributed by atoms with Crippen LogP contribution >= 0.6 is 0 Å². The first kappa shape index (κ1) is 12.2. The van der Waals surface area contributed by atoms with E-state index in [0.717, 1.165) is 6.42 Å². The molecule has 3 unspecified atom stereocenters. The van der Waals surface area contributed by atoms with Gasteiger partial charge in [0, 0.05) is 5.54 Å². The van der Waals surface area contributed by atoms with Gasteiger partial charge in [-0.05, 0) is 46.5 Å². The van der Waals surface area contributed by atoms with E-state index in [2.05, 4.69) is 0 Å². The molecular formula is C12H19NO4. The number of carbonyl (C=O) groups excluding carboxylic acids is 1. The third-order valence-electron chi connectivity index (χ3n) is 3.62. The van der Waals surface area contributed by atoms with Crippen LogP contribution in [-0.4, -0.2) is 39.3 Å². The highest BCUT2D eigenvalue weighted by atomic mass is 16.6. The zero-order valence-corrected chi connectivity index (χ0v) is 10.7. The largest absolute Gasteiger partial charge is 0.480 e. The Bertz CT molecular complexity index is 373. The summed E-state index contributed by atoms with van der Waals surface area (Å²) in [7, 11) is 0. The highest BCUT2D eigenvalue weighted by Gasteiger charge is 2.66. The van der Waals surface area contributed by atoms with Crippen molar-refractivity contribution < 1.29 is 19.4 Å². The molecule has 0 bridgehead atoms. The zero-order chi connectivity index (χ0) is 13.0. The zero-order valence-electron chi connectivity index (χ0n) is 10.7. The first-order valence-corrected chi connectivity index (χ1v) is 5.90. The summed E-state index contributed by atoms with van der Waals surface area (Å²) in [6.45, 7) is 7.28. The van der Waals surface area contributed by atoms with E-state index in [1.54, 1.807) is 20.8 Å². The normalized spacial score (nSPS) is 35.4. The third-order valence-corrected chi connectivity index (χ3v) is 3.62. The Morgan fingerprint density at radius 3 is 2.47 bits per heavy atom. The van der Waals surface area contributed by atoms with Crippen molar-refractivity contribution in [3.63, 3.8) is 0 Å². The summed E-state index contributed by atoms with van der Waals surface area (Å²) < 4.78 is 5.29. The van der Waals surface area contributed by atoms with Gasteiger partial charge in [0.2, 0.25) is 0 Å². The minimum atomic E-state index is -0.940. The molecule has 1 saturated carbocycles. The average molecular weight is 241 g/mol. The van der Waals surface area contributed by atoms with Gasteiger partial charge in [-0.3, -0.25) is 4.90 Å². The number of hydrogen-bond acceptors (Lipinski definition) is 3. The molecule has 5 nitrogen and oxygen atoms in total. The van der Waals surface area contributed by atoms with Crippen LogP contribution in [0.25, 0.3) is 0 Å². The van der Waals surface area contributed by atoms with Crippen molar-refractivity contribution in [2.24, 2.45) is 5.92 Å². The Morgan fingerprint density at radius 2 is 2.00 bits per heavy atom. The molecule has 0 radical (unpaired) electrons. The van der Waals surface area contributed by atoms with Crippen LogP contribution in [0.4, 0.5) is 4.79 Å². The summed E-state index contributed by atoms with van der Waals surface area (Å²) in [4.78, 5) is 24.6. The first-order chi connectivity index (χ1) is 7.65. The van der Waals surface area contributed by atoms with Crippen molar-refractivity contribution in [1.82, 2.24) is 4.90 Å². The number of fused-ring (bicyclic) bond motifs is 1. The fraction of sp³-hybridized carbons (Fsp3) is 0.833. The van der Waals surface area contributed by atoms with Gasteiger partial charge < -0.3 is 9.84 Å². The predicted molar refractivity (Wildman–Crippen MR) is 60.6 cm³/mol. The van der Waals surface area contributed by atoms with Crippen molar-refractivity contribution in [1.29, 1.82) is 0 Å². The molecule has 1 aliphatic heterocycles. The standard InChI is InChI=1S/C12H19NO4/c1-11(2,3)17-10(16)13-8(9(14)15)5-7-6-12(7,13)4/h7-8H,5-6H2,1-4H3,(H,14,15). The lowest BCUT2D eigenvalue weighted by Crippen LogP contribution is -2.49. The second kappa shape index (κ2) is 3.37. The van der Waals surface area contributed by atoms with Crippen molar-refractivity contribution in [3.05, 3.63) is 0 Å². The summed E-state index contributed by atoms with van der Waals surface area (Å²) >= 11 is 0. The van der Waals surface area contributed by atoms with Gasteiger partial charge in [0.15, 0.2) is 0 Å². The highest BCUT2D eigenvalue weighted by molar-refractivity contribution is 5.82. The molecule has 2 aliphatic rings. The van der Waals surface area contributed by atoms with E-state index < -0.39 is 23.7 Å². The number of aliphatic carboxylic acids is 1. The lowest BCUT2D eigenvalue weighted by molar-refractivity contribution is -0.143. The molecule has 1 amide bonds. The highest BCUT2D eigenvalue weighted by Crippen LogP contribution is 2.58. The molecule has 96 valence electrons. The summed E-state index contributed by atoms with van der Waals surface area (Å²) in [6, 6.07) is -0.728. The lowest BCUT2D eigenvalue weighted by Gasteiger charge is -2.32. The molecule has 0 aromatic rings. The number of hydrogen-bond donors (Lipinski definition) is 1. The Labute approximate surface area is 101 Å². The van der Waals surface area contributed by atoms with Crippen LogP contribution in [0.15, 0.2) is 0 Å². The molecule has 17 heavy (non-hydrogen) atoms. The quantitative estimate of drug-likeness (QED) is 0.761. The number of amides is 1. The fourth-order valence-corrected chi connectivity index (χ4v) is 2.66. The van der Waals surface area contributed by atoms with Crippen molar-refractivity contribution in [2.45, 2.75) is 57.7 Å². The maximum atomic E-state index is 12.1. The summed E-state index contributed by atoms with van der Waals surface area (Å²) in [5.41, 5.74) is -0.894. The third kappa shape index (κ3) is 1.98. The second-order valence-electron chi connectivity index (χ2n) is 6.20. The topological polar surface area (TPSA) is 66.8 Å². The molecule has 2 rings (SSSR count). The van der Waals surface area contributed by atoms with Gasteiger partial charge in [0.1, 0.15) is 11.6 Å².